The summed E-state index contributed by atoms with van der Waals surface area (Å²) in [5.41, 5.74) is 0. The minimum absolute atomic E-state index is 0.117. The molecule has 0 aromatic heterocycles. The minimum Gasteiger partial charge on any atom is -0.395 e. The average Bonchev–Trinajstić information content (AvgIpc) is 2.43. The lowest BCUT2D eigenvalue weighted by molar-refractivity contribution is -0.0321. The quantitative estimate of drug-likeness (QED) is 0.331. The first-order chi connectivity index (χ1) is 6.61. The van der Waals surface area contributed by atoms with Crippen LogP contribution in [0.15, 0.2) is 0 Å². The maximum absolute atomic E-state index is 9.51. The largest absolute Gasteiger partial charge is 0.395 e. The van der Waals surface area contributed by atoms with Crippen molar-refractivity contribution in [1.29, 1.82) is 0 Å². The fourth-order valence-electron chi connectivity index (χ4n) is 1.86. The van der Waals surface area contributed by atoms with Crippen molar-refractivity contribution in [1.82, 2.24) is 4.90 Å². The van der Waals surface area contributed by atoms with Gasteiger partial charge in [-0.05, 0) is 0 Å². The zero-order valence-corrected chi connectivity index (χ0v) is 7.82. The molecule has 0 radical (unpaired) electrons. The summed E-state index contributed by atoms with van der Waals surface area (Å²) in [6.07, 6.45) is -3.12. The number of rotatable bonds is 4. The Bertz CT molecular complexity index is 179. The van der Waals surface area contributed by atoms with E-state index in [1.165, 1.54) is 0 Å². The predicted octanol–water partition coefficient (Wildman–Crippen LogP) is -3.26. The van der Waals surface area contributed by atoms with E-state index < -0.39 is 31.0 Å². The molecular formula is C8H17NO5. The van der Waals surface area contributed by atoms with Crippen molar-refractivity contribution in [3.05, 3.63) is 0 Å². The highest BCUT2D eigenvalue weighted by Gasteiger charge is 2.43. The van der Waals surface area contributed by atoms with E-state index in [0.29, 0.717) is 0 Å². The van der Waals surface area contributed by atoms with E-state index in [9.17, 15) is 15.3 Å². The van der Waals surface area contributed by atoms with E-state index >= 15 is 0 Å². The molecule has 6 heteroatoms. The van der Waals surface area contributed by atoms with Crippen molar-refractivity contribution in [2.24, 2.45) is 0 Å². The predicted molar refractivity (Wildman–Crippen MR) is 47.6 cm³/mol. The molecule has 6 nitrogen and oxygen atoms in total. The fourth-order valence-corrected chi connectivity index (χ4v) is 1.86. The summed E-state index contributed by atoms with van der Waals surface area (Å²) in [6.45, 7) is -0.135. The Morgan fingerprint density at radius 2 is 1.93 bits per heavy atom. The third-order valence-corrected chi connectivity index (χ3v) is 2.56. The molecular weight excluding hydrogens is 190 g/mol. The summed E-state index contributed by atoms with van der Waals surface area (Å²) in [4.78, 5) is 1.57. The van der Waals surface area contributed by atoms with E-state index in [-0.39, 0.29) is 19.7 Å². The maximum Gasteiger partial charge on any atom is 0.0992 e. The number of hydrogen-bond acceptors (Lipinski definition) is 6. The van der Waals surface area contributed by atoms with Crippen LogP contribution in [0, 0.1) is 0 Å². The van der Waals surface area contributed by atoms with Gasteiger partial charge in [-0.1, -0.05) is 0 Å². The topological polar surface area (TPSA) is 104 Å². The van der Waals surface area contributed by atoms with Crippen molar-refractivity contribution in [2.45, 2.75) is 24.4 Å². The molecule has 0 bridgehead atoms. The van der Waals surface area contributed by atoms with Gasteiger partial charge in [0.1, 0.15) is 0 Å². The molecule has 5 N–H and O–H groups in total. The van der Waals surface area contributed by atoms with Gasteiger partial charge in [0.25, 0.3) is 0 Å². The van der Waals surface area contributed by atoms with Crippen LogP contribution in [-0.2, 0) is 0 Å². The molecule has 0 aliphatic carbocycles. The van der Waals surface area contributed by atoms with E-state index in [1.54, 1.807) is 4.90 Å². The second-order valence-electron chi connectivity index (χ2n) is 3.52. The Hall–Kier alpha value is -0.240. The number of aliphatic hydroxyl groups excluding tert-OH is 5. The molecule has 1 aliphatic heterocycles. The van der Waals surface area contributed by atoms with Gasteiger partial charge in [0.15, 0.2) is 0 Å². The summed E-state index contributed by atoms with van der Waals surface area (Å²) in [7, 11) is 0. The first-order valence-electron chi connectivity index (χ1n) is 4.61. The third kappa shape index (κ3) is 2.22. The lowest BCUT2D eigenvalue weighted by atomic mass is 10.1. The molecule has 0 amide bonds. The standard InChI is InChI=1S/C8H17NO5/c10-2-1-9-3-5(12)8(14)7(9)6(13)4-11/h5-8,10-14H,1-4H2/t5-,6-,7-,8-/m0/s1. The maximum atomic E-state index is 9.51. The van der Waals surface area contributed by atoms with Crippen LogP contribution in [0.2, 0.25) is 0 Å². The first-order valence-corrected chi connectivity index (χ1v) is 4.61. The average molecular weight is 207 g/mol. The number of likely N-dealkylation sites (tertiary alicyclic amines) is 1. The number of β-amino-alcohol motifs (C(OH)–C–C–N with tert-alkyl or cyclic N) is 2. The Morgan fingerprint density at radius 3 is 2.43 bits per heavy atom. The molecule has 1 rings (SSSR count). The minimum atomic E-state index is -1.10. The summed E-state index contributed by atoms with van der Waals surface area (Å²) >= 11 is 0. The Kier molecular flexibility index (Phi) is 4.24. The van der Waals surface area contributed by atoms with Crippen LogP contribution in [0.25, 0.3) is 0 Å². The van der Waals surface area contributed by atoms with Crippen LogP contribution in [0.1, 0.15) is 0 Å². The van der Waals surface area contributed by atoms with Gasteiger partial charge < -0.3 is 25.5 Å². The third-order valence-electron chi connectivity index (χ3n) is 2.56. The molecule has 0 aromatic rings. The molecule has 1 saturated heterocycles. The van der Waals surface area contributed by atoms with E-state index in [0.717, 1.165) is 0 Å². The van der Waals surface area contributed by atoms with Crippen LogP contribution in [0.3, 0.4) is 0 Å². The van der Waals surface area contributed by atoms with Crippen molar-refractivity contribution >= 4 is 0 Å². The lowest BCUT2D eigenvalue weighted by Gasteiger charge is -2.28. The van der Waals surface area contributed by atoms with Gasteiger partial charge in [-0.3, -0.25) is 4.90 Å². The first kappa shape index (κ1) is 11.8. The van der Waals surface area contributed by atoms with E-state index in [2.05, 4.69) is 0 Å². The molecule has 4 atom stereocenters. The van der Waals surface area contributed by atoms with Crippen LogP contribution in [0.4, 0.5) is 0 Å². The molecule has 0 saturated carbocycles. The van der Waals surface area contributed by atoms with Gasteiger partial charge in [0.2, 0.25) is 0 Å². The zero-order chi connectivity index (χ0) is 10.7. The van der Waals surface area contributed by atoms with E-state index in [4.69, 9.17) is 10.2 Å². The van der Waals surface area contributed by atoms with Gasteiger partial charge in [-0.2, -0.15) is 0 Å². The highest BCUT2D eigenvalue weighted by molar-refractivity contribution is 4.96. The number of nitrogens with zero attached hydrogens (tertiary/aromatic N) is 1. The van der Waals surface area contributed by atoms with Crippen molar-refractivity contribution in [3.63, 3.8) is 0 Å². The summed E-state index contributed by atoms with van der Waals surface area (Å²) in [5.74, 6) is 0. The fraction of sp³-hybridized carbons (Fsp3) is 1.00. The molecule has 0 aromatic carbocycles. The summed E-state index contributed by atoms with van der Waals surface area (Å²) < 4.78 is 0. The Labute approximate surface area is 82.0 Å². The van der Waals surface area contributed by atoms with Gasteiger partial charge in [-0.25, -0.2) is 0 Å². The molecule has 0 unspecified atom stereocenters. The second kappa shape index (κ2) is 5.01. The van der Waals surface area contributed by atoms with Gasteiger partial charge >= 0.3 is 0 Å². The van der Waals surface area contributed by atoms with Gasteiger partial charge in [0.05, 0.1) is 37.6 Å². The summed E-state index contributed by atoms with van der Waals surface area (Å²) in [5, 5.41) is 45.7. The van der Waals surface area contributed by atoms with Crippen LogP contribution >= 0.6 is 0 Å². The highest BCUT2D eigenvalue weighted by Crippen LogP contribution is 2.20. The molecule has 0 spiro atoms. The molecule has 1 fully saturated rings. The smallest absolute Gasteiger partial charge is 0.0992 e. The molecule has 84 valence electrons. The molecule has 14 heavy (non-hydrogen) atoms. The number of hydrogen-bond donors (Lipinski definition) is 5. The Morgan fingerprint density at radius 1 is 1.29 bits per heavy atom. The normalized spacial score (nSPS) is 36.2. The zero-order valence-electron chi connectivity index (χ0n) is 7.82. The van der Waals surface area contributed by atoms with E-state index in [1.807, 2.05) is 0 Å². The van der Waals surface area contributed by atoms with Gasteiger partial charge in [-0.15, -0.1) is 0 Å². The van der Waals surface area contributed by atoms with Crippen molar-refractivity contribution in [2.75, 3.05) is 26.3 Å². The lowest BCUT2D eigenvalue weighted by Crippen LogP contribution is -2.47. The summed E-state index contributed by atoms with van der Waals surface area (Å²) in [6, 6.07) is -0.706. The Balaban J connectivity index is 2.65. The van der Waals surface area contributed by atoms with Crippen molar-refractivity contribution < 1.29 is 25.5 Å². The highest BCUT2D eigenvalue weighted by atomic mass is 16.3. The monoisotopic (exact) mass is 207 g/mol. The number of aliphatic hydroxyl groups is 5. The van der Waals surface area contributed by atoms with Crippen LogP contribution in [0.5, 0.6) is 0 Å². The second-order valence-corrected chi connectivity index (χ2v) is 3.52. The van der Waals surface area contributed by atoms with Crippen LogP contribution in [-0.4, -0.2) is 81.1 Å². The van der Waals surface area contributed by atoms with Gasteiger partial charge in [0, 0.05) is 13.1 Å². The molecule has 1 aliphatic rings. The SMILES string of the molecule is OCCN1C[C@H](O)[C@H](O)[C@@H]1[C@@H](O)CO. The van der Waals surface area contributed by atoms with Crippen LogP contribution < -0.4 is 0 Å². The molecule has 1 heterocycles. The van der Waals surface area contributed by atoms with Crippen molar-refractivity contribution in [3.8, 4) is 0 Å².